The Labute approximate surface area is 203 Å². The van der Waals surface area contributed by atoms with Crippen molar-refractivity contribution in [2.45, 2.75) is 39.5 Å². The number of hydrogen-bond donors (Lipinski definition) is 2. The van der Waals surface area contributed by atoms with Crippen LogP contribution in [0.3, 0.4) is 0 Å². The maximum Gasteiger partial charge on any atom is 0.257 e. The number of H-pyrrole nitrogens is 1. The minimum absolute atomic E-state index is 0.0608. The van der Waals surface area contributed by atoms with Gasteiger partial charge in [0.2, 0.25) is 5.82 Å². The van der Waals surface area contributed by atoms with Crippen LogP contribution < -0.4 is 10.5 Å². The Morgan fingerprint density at radius 2 is 1.77 bits per heavy atom. The molecule has 0 spiro atoms. The van der Waals surface area contributed by atoms with Gasteiger partial charge in [-0.25, -0.2) is 4.68 Å². The average molecular weight is 467 g/mol. The first kappa shape index (κ1) is 22.6. The monoisotopic (exact) mass is 466 g/mol. The summed E-state index contributed by atoms with van der Waals surface area (Å²) in [5, 5.41) is 13.5. The van der Waals surface area contributed by atoms with Gasteiger partial charge in [0.1, 0.15) is 19.6 Å². The molecule has 3 heterocycles. The Balaban J connectivity index is 1.44. The normalized spacial score (nSPS) is 12.1. The first-order valence-corrected chi connectivity index (χ1v) is 11.8. The van der Waals surface area contributed by atoms with Crippen molar-refractivity contribution in [1.82, 2.24) is 30.2 Å². The van der Waals surface area contributed by atoms with Gasteiger partial charge < -0.3 is 9.88 Å². The third-order valence-corrected chi connectivity index (χ3v) is 6.20. The lowest BCUT2D eigenvalue weighted by atomic mass is 10.1. The van der Waals surface area contributed by atoms with Crippen molar-refractivity contribution < 1.29 is 4.90 Å². The second kappa shape index (κ2) is 10.4. The molecule has 0 bridgehead atoms. The standard InChI is InChI=1S/C27H27N7O/c1-2-20-10-11-25-23(13-20)14-24(27(35)29-25)18-33(16-22-9-6-12-28-15-22)19-26-30-31-32-34(26)17-21-7-4-3-5-8-21/h3-15H,2,16-19H2,1H3,(H,29,35)/p+1. The zero-order valence-electron chi connectivity index (χ0n) is 19.7. The number of hydrogen-bond acceptors (Lipinski definition) is 5. The van der Waals surface area contributed by atoms with E-state index in [1.807, 2.05) is 47.3 Å². The minimum Gasteiger partial charge on any atom is -0.322 e. The van der Waals surface area contributed by atoms with E-state index in [2.05, 4.69) is 62.7 Å². The summed E-state index contributed by atoms with van der Waals surface area (Å²) in [4.78, 5) is 21.4. The number of quaternary nitrogens is 1. The highest BCUT2D eigenvalue weighted by atomic mass is 16.1. The summed E-state index contributed by atoms with van der Waals surface area (Å²) in [5.74, 6) is 0.776. The van der Waals surface area contributed by atoms with Crippen LogP contribution in [-0.2, 0) is 32.6 Å². The van der Waals surface area contributed by atoms with Gasteiger partial charge >= 0.3 is 0 Å². The third kappa shape index (κ3) is 5.50. The maximum atomic E-state index is 13.0. The van der Waals surface area contributed by atoms with Crippen molar-refractivity contribution in [3.8, 4) is 0 Å². The predicted octanol–water partition coefficient (Wildman–Crippen LogP) is 2.31. The molecule has 0 aliphatic rings. The number of aryl methyl sites for hydroxylation is 1. The van der Waals surface area contributed by atoms with Crippen LogP contribution in [0.15, 0.2) is 83.9 Å². The van der Waals surface area contributed by atoms with Gasteiger partial charge in [0.05, 0.1) is 12.1 Å². The van der Waals surface area contributed by atoms with E-state index >= 15 is 0 Å². The molecule has 0 aliphatic carbocycles. The summed E-state index contributed by atoms with van der Waals surface area (Å²) in [5.41, 5.74) is 5.01. The number of nitrogens with one attached hydrogen (secondary N) is 2. The van der Waals surface area contributed by atoms with Crippen molar-refractivity contribution in [3.05, 3.63) is 118 Å². The molecule has 5 aromatic rings. The van der Waals surface area contributed by atoms with Crippen molar-refractivity contribution in [1.29, 1.82) is 0 Å². The highest BCUT2D eigenvalue weighted by Gasteiger charge is 2.19. The largest absolute Gasteiger partial charge is 0.322 e. The van der Waals surface area contributed by atoms with Crippen LogP contribution in [0.2, 0.25) is 0 Å². The molecule has 8 heteroatoms. The van der Waals surface area contributed by atoms with E-state index in [1.54, 1.807) is 6.20 Å². The van der Waals surface area contributed by atoms with Gasteiger partial charge in [0, 0.05) is 23.5 Å². The Morgan fingerprint density at radius 1 is 0.914 bits per heavy atom. The van der Waals surface area contributed by atoms with Crippen LogP contribution in [0.5, 0.6) is 0 Å². The van der Waals surface area contributed by atoms with E-state index in [4.69, 9.17) is 0 Å². The van der Waals surface area contributed by atoms with Crippen LogP contribution in [0.4, 0.5) is 0 Å². The Kier molecular flexibility index (Phi) is 6.72. The summed E-state index contributed by atoms with van der Waals surface area (Å²) in [6.45, 7) is 4.53. The lowest BCUT2D eigenvalue weighted by molar-refractivity contribution is -0.942. The summed E-state index contributed by atoms with van der Waals surface area (Å²) in [6.07, 6.45) is 4.58. The molecule has 0 amide bonds. The van der Waals surface area contributed by atoms with E-state index in [0.29, 0.717) is 26.2 Å². The Bertz CT molecular complexity index is 1460. The summed E-state index contributed by atoms with van der Waals surface area (Å²) in [7, 11) is 0. The van der Waals surface area contributed by atoms with Crippen molar-refractivity contribution in [2.24, 2.45) is 0 Å². The van der Waals surface area contributed by atoms with E-state index in [9.17, 15) is 4.79 Å². The quantitative estimate of drug-likeness (QED) is 0.348. The molecular weight excluding hydrogens is 438 g/mol. The highest BCUT2D eigenvalue weighted by Crippen LogP contribution is 2.14. The molecule has 3 aromatic heterocycles. The fourth-order valence-electron chi connectivity index (χ4n) is 4.35. The molecule has 0 radical (unpaired) electrons. The molecule has 0 saturated heterocycles. The number of rotatable bonds is 9. The van der Waals surface area contributed by atoms with Gasteiger partial charge in [-0.05, 0) is 57.6 Å². The van der Waals surface area contributed by atoms with Gasteiger partial charge in [0.15, 0.2) is 0 Å². The number of aromatic nitrogens is 6. The van der Waals surface area contributed by atoms with E-state index < -0.39 is 0 Å². The smallest absolute Gasteiger partial charge is 0.257 e. The van der Waals surface area contributed by atoms with Gasteiger partial charge in [-0.2, -0.15) is 0 Å². The number of tetrazole rings is 1. The number of pyridine rings is 2. The second-order valence-electron chi connectivity index (χ2n) is 8.78. The fraction of sp³-hybridized carbons (Fsp3) is 0.222. The lowest BCUT2D eigenvalue weighted by Gasteiger charge is -2.19. The SMILES string of the molecule is CCc1ccc2[nH]c(=O)c(C[NH+](Cc3cccnc3)Cc3nnnn3Cc3ccccc3)cc2c1. The van der Waals surface area contributed by atoms with E-state index in [1.165, 1.54) is 5.56 Å². The molecular formula is C27H28N7O+. The summed E-state index contributed by atoms with van der Waals surface area (Å²) < 4.78 is 1.83. The molecule has 2 N–H and O–H groups in total. The maximum absolute atomic E-state index is 13.0. The molecule has 0 saturated carbocycles. The average Bonchev–Trinajstić information content (AvgIpc) is 3.31. The number of benzene rings is 2. The number of nitrogens with zero attached hydrogens (tertiary/aromatic N) is 5. The van der Waals surface area contributed by atoms with Crippen LogP contribution in [0, 0.1) is 0 Å². The molecule has 0 aliphatic heterocycles. The summed E-state index contributed by atoms with van der Waals surface area (Å²) in [6, 6.07) is 22.3. The fourth-order valence-corrected chi connectivity index (χ4v) is 4.35. The van der Waals surface area contributed by atoms with Crippen LogP contribution in [0.25, 0.3) is 10.9 Å². The Hall–Kier alpha value is -4.17. The van der Waals surface area contributed by atoms with Gasteiger partial charge in [-0.3, -0.25) is 9.78 Å². The van der Waals surface area contributed by atoms with Gasteiger partial charge in [0.25, 0.3) is 5.56 Å². The van der Waals surface area contributed by atoms with Crippen LogP contribution >= 0.6 is 0 Å². The molecule has 1 unspecified atom stereocenters. The molecule has 8 nitrogen and oxygen atoms in total. The van der Waals surface area contributed by atoms with E-state index in [-0.39, 0.29) is 5.56 Å². The third-order valence-electron chi connectivity index (χ3n) is 6.20. The van der Waals surface area contributed by atoms with E-state index in [0.717, 1.165) is 44.7 Å². The second-order valence-corrected chi connectivity index (χ2v) is 8.78. The number of fused-ring (bicyclic) bond motifs is 1. The first-order valence-electron chi connectivity index (χ1n) is 11.8. The number of aromatic amines is 1. The summed E-state index contributed by atoms with van der Waals surface area (Å²) >= 11 is 0. The highest BCUT2D eigenvalue weighted by molar-refractivity contribution is 5.79. The zero-order valence-corrected chi connectivity index (χ0v) is 19.7. The molecule has 176 valence electrons. The van der Waals surface area contributed by atoms with Crippen LogP contribution in [0.1, 0.15) is 35.0 Å². The molecule has 2 aromatic carbocycles. The molecule has 1 atom stereocenters. The Morgan fingerprint density at radius 3 is 2.57 bits per heavy atom. The van der Waals surface area contributed by atoms with Crippen LogP contribution in [-0.4, -0.2) is 30.2 Å². The predicted molar refractivity (Wildman–Crippen MR) is 134 cm³/mol. The molecule has 0 fully saturated rings. The van der Waals surface area contributed by atoms with Gasteiger partial charge in [-0.15, -0.1) is 5.10 Å². The molecule has 35 heavy (non-hydrogen) atoms. The van der Waals surface area contributed by atoms with Crippen molar-refractivity contribution in [3.63, 3.8) is 0 Å². The zero-order chi connectivity index (χ0) is 24.0. The van der Waals surface area contributed by atoms with Crippen molar-refractivity contribution >= 4 is 10.9 Å². The molecule has 5 rings (SSSR count). The minimum atomic E-state index is -0.0608. The first-order chi connectivity index (χ1) is 17.2. The lowest BCUT2D eigenvalue weighted by Crippen LogP contribution is -3.08. The van der Waals surface area contributed by atoms with Gasteiger partial charge in [-0.1, -0.05) is 49.4 Å². The van der Waals surface area contributed by atoms with Crippen molar-refractivity contribution in [2.75, 3.05) is 0 Å². The topological polar surface area (TPSA) is 93.8 Å².